The van der Waals surface area contributed by atoms with Crippen LogP contribution < -0.4 is 5.32 Å². The number of aromatic nitrogens is 3. The number of fused-ring (bicyclic) bond motifs is 1. The van der Waals surface area contributed by atoms with E-state index in [1.807, 2.05) is 6.20 Å². The Morgan fingerprint density at radius 2 is 1.89 bits per heavy atom. The molecule has 5 rings (SSSR count). The van der Waals surface area contributed by atoms with E-state index in [0.29, 0.717) is 18.8 Å². The summed E-state index contributed by atoms with van der Waals surface area (Å²) in [5, 5.41) is 21.9. The van der Waals surface area contributed by atoms with Crippen LogP contribution in [0.1, 0.15) is 17.5 Å². The predicted molar refractivity (Wildman–Crippen MR) is 131 cm³/mol. The van der Waals surface area contributed by atoms with Crippen molar-refractivity contribution < 1.29 is 18.3 Å². The second-order valence-electron chi connectivity index (χ2n) is 8.67. The molecular formula is C25H24F3N5OS. The van der Waals surface area contributed by atoms with E-state index in [9.17, 15) is 18.3 Å². The van der Waals surface area contributed by atoms with Gasteiger partial charge in [-0.2, -0.15) is 18.3 Å². The van der Waals surface area contributed by atoms with E-state index in [1.165, 1.54) is 6.07 Å². The molecule has 6 nitrogen and oxygen atoms in total. The number of H-pyrrole nitrogens is 1. The molecule has 2 unspecified atom stereocenters. The number of nitrogens with one attached hydrogen (secondary N) is 2. The minimum absolute atomic E-state index is 0.278. The van der Waals surface area contributed by atoms with Gasteiger partial charge >= 0.3 is 6.18 Å². The number of halogens is 3. The number of aromatic amines is 1. The van der Waals surface area contributed by atoms with Crippen molar-refractivity contribution in [2.24, 2.45) is 0 Å². The van der Waals surface area contributed by atoms with Crippen molar-refractivity contribution in [2.75, 3.05) is 18.4 Å². The summed E-state index contributed by atoms with van der Waals surface area (Å²) < 4.78 is 40.3. The molecule has 182 valence electrons. The van der Waals surface area contributed by atoms with Crippen molar-refractivity contribution in [3.8, 4) is 11.1 Å². The Kier molecular flexibility index (Phi) is 6.43. The van der Waals surface area contributed by atoms with Crippen molar-refractivity contribution in [1.29, 1.82) is 0 Å². The second-order valence-corrected chi connectivity index (χ2v) is 9.84. The summed E-state index contributed by atoms with van der Waals surface area (Å²) in [4.78, 5) is 4.91. The summed E-state index contributed by atoms with van der Waals surface area (Å²) >= 11 is 1.58. The average molecular weight is 500 g/mol. The normalized spacial score (nSPS) is 19.2. The molecule has 2 atom stereocenters. The molecule has 0 spiro atoms. The highest BCUT2D eigenvalue weighted by molar-refractivity contribution is 7.97. The number of aryl methyl sites for hydroxylation is 1. The molecule has 0 aliphatic carbocycles. The lowest BCUT2D eigenvalue weighted by molar-refractivity contribution is -0.137. The van der Waals surface area contributed by atoms with Gasteiger partial charge < -0.3 is 10.4 Å². The molecule has 1 fully saturated rings. The van der Waals surface area contributed by atoms with E-state index in [0.717, 1.165) is 51.3 Å². The maximum Gasteiger partial charge on any atom is 0.417 e. The largest absolute Gasteiger partial charge is 0.417 e. The van der Waals surface area contributed by atoms with Gasteiger partial charge in [-0.3, -0.25) is 5.10 Å². The molecule has 3 heterocycles. The van der Waals surface area contributed by atoms with Gasteiger partial charge in [0.05, 0.1) is 29.4 Å². The summed E-state index contributed by atoms with van der Waals surface area (Å²) in [6.45, 7) is 3.21. The summed E-state index contributed by atoms with van der Waals surface area (Å²) in [5.74, 6) is 0.322. The Hall–Kier alpha value is -3.08. The fourth-order valence-electron chi connectivity index (χ4n) is 4.25. The van der Waals surface area contributed by atoms with Crippen molar-refractivity contribution in [1.82, 2.24) is 19.5 Å². The first-order chi connectivity index (χ1) is 16.8. The number of alkyl halides is 3. The third kappa shape index (κ3) is 5.29. The van der Waals surface area contributed by atoms with Gasteiger partial charge in [-0.05, 0) is 78.4 Å². The molecule has 1 aliphatic rings. The van der Waals surface area contributed by atoms with Gasteiger partial charge in [-0.25, -0.2) is 9.29 Å². The maximum absolute atomic E-state index is 12.7. The van der Waals surface area contributed by atoms with Crippen LogP contribution in [-0.2, 0) is 6.18 Å². The van der Waals surface area contributed by atoms with E-state index in [4.69, 9.17) is 0 Å². The minimum Gasteiger partial charge on any atom is -0.390 e. The smallest absolute Gasteiger partial charge is 0.390 e. The Bertz CT molecular complexity index is 1310. The lowest BCUT2D eigenvalue weighted by Gasteiger charge is -2.35. The highest BCUT2D eigenvalue weighted by Crippen LogP contribution is 2.32. The Balaban J connectivity index is 1.18. The third-order valence-electron chi connectivity index (χ3n) is 6.14. The molecule has 1 saturated heterocycles. The number of aliphatic hydroxyl groups is 1. The lowest BCUT2D eigenvalue weighted by atomic mass is 10.0. The molecule has 1 aliphatic heterocycles. The number of piperidine rings is 1. The molecule has 2 aromatic heterocycles. The number of benzene rings is 2. The fourth-order valence-corrected chi connectivity index (χ4v) is 5.23. The number of nitrogens with zero attached hydrogens (tertiary/aromatic N) is 3. The molecule has 10 heteroatoms. The maximum atomic E-state index is 12.7. The quantitative estimate of drug-likeness (QED) is 0.315. The SMILES string of the molecule is Cc1cc(-c2ccc(SN3CCC(Nc4ccc(C(F)(F)F)cn4)C(O)C3)cc2)cc2cn[nH]c12. The first-order valence-electron chi connectivity index (χ1n) is 11.2. The predicted octanol–water partition coefficient (Wildman–Crippen LogP) is 5.51. The summed E-state index contributed by atoms with van der Waals surface area (Å²) in [6.07, 6.45) is -1.83. The Morgan fingerprint density at radius 3 is 2.57 bits per heavy atom. The number of anilines is 1. The Morgan fingerprint density at radius 1 is 1.09 bits per heavy atom. The number of pyridine rings is 1. The molecule has 0 saturated carbocycles. The highest BCUT2D eigenvalue weighted by Gasteiger charge is 2.31. The third-order valence-corrected chi connectivity index (χ3v) is 7.21. The molecule has 4 aromatic rings. The van der Waals surface area contributed by atoms with E-state index < -0.39 is 17.8 Å². The van der Waals surface area contributed by atoms with Crippen molar-refractivity contribution in [2.45, 2.75) is 36.6 Å². The topological polar surface area (TPSA) is 77.1 Å². The Labute approximate surface area is 204 Å². The first kappa shape index (κ1) is 23.7. The summed E-state index contributed by atoms with van der Waals surface area (Å²) in [6, 6.07) is 14.6. The number of rotatable bonds is 5. The van der Waals surface area contributed by atoms with E-state index in [2.05, 4.69) is 68.1 Å². The molecule has 35 heavy (non-hydrogen) atoms. The molecule has 0 amide bonds. The van der Waals surface area contributed by atoms with Crippen LogP contribution >= 0.6 is 11.9 Å². The molecule has 0 bridgehead atoms. The minimum atomic E-state index is -4.42. The van der Waals surface area contributed by atoms with Crippen LogP contribution in [0.5, 0.6) is 0 Å². The monoisotopic (exact) mass is 499 g/mol. The van der Waals surface area contributed by atoms with Gasteiger partial charge in [0.15, 0.2) is 0 Å². The molecule has 2 aromatic carbocycles. The van der Waals surface area contributed by atoms with Gasteiger partial charge in [0.2, 0.25) is 0 Å². The van der Waals surface area contributed by atoms with Gasteiger partial charge in [0, 0.05) is 29.6 Å². The zero-order chi connectivity index (χ0) is 24.6. The van der Waals surface area contributed by atoms with Crippen LogP contribution in [0.3, 0.4) is 0 Å². The molecular weight excluding hydrogens is 475 g/mol. The van der Waals surface area contributed by atoms with Crippen LogP contribution in [-0.4, -0.2) is 49.8 Å². The van der Waals surface area contributed by atoms with Crippen LogP contribution in [0.15, 0.2) is 65.8 Å². The van der Waals surface area contributed by atoms with Crippen LogP contribution in [0.4, 0.5) is 19.0 Å². The standard InChI is InChI=1S/C25H24F3N5OS/c1-15-10-17(11-18-12-30-32-24(15)18)16-2-5-20(6-3-16)35-33-9-8-21(22(34)14-33)31-23-7-4-19(13-29-23)25(26,27)28/h2-7,10-13,21-22,34H,8-9,14H2,1H3,(H,29,31)(H,30,32). The van der Waals surface area contributed by atoms with Crippen LogP contribution in [0, 0.1) is 6.92 Å². The number of β-amino-alcohol motifs (C(OH)–C–C–N with tert-alkyl or cyclic N) is 1. The summed E-state index contributed by atoms with van der Waals surface area (Å²) in [7, 11) is 0. The second kappa shape index (κ2) is 9.52. The van der Waals surface area contributed by atoms with Crippen molar-refractivity contribution in [3.63, 3.8) is 0 Å². The lowest BCUT2D eigenvalue weighted by Crippen LogP contribution is -2.47. The highest BCUT2D eigenvalue weighted by atomic mass is 32.2. The molecule has 0 radical (unpaired) electrons. The van der Waals surface area contributed by atoms with Crippen molar-refractivity contribution in [3.05, 3.63) is 72.1 Å². The number of hydrogen-bond donors (Lipinski definition) is 3. The average Bonchev–Trinajstić information content (AvgIpc) is 3.31. The van der Waals surface area contributed by atoms with Gasteiger partial charge in [-0.1, -0.05) is 12.1 Å². The van der Waals surface area contributed by atoms with Crippen LogP contribution in [0.2, 0.25) is 0 Å². The van der Waals surface area contributed by atoms with Gasteiger partial charge in [-0.15, -0.1) is 0 Å². The molecule has 3 N–H and O–H groups in total. The first-order valence-corrected chi connectivity index (χ1v) is 12.0. The van der Waals surface area contributed by atoms with Crippen LogP contribution in [0.25, 0.3) is 22.0 Å². The van der Waals surface area contributed by atoms with Crippen molar-refractivity contribution >= 4 is 28.7 Å². The fraction of sp³-hybridized carbons (Fsp3) is 0.280. The van der Waals surface area contributed by atoms with Gasteiger partial charge in [0.25, 0.3) is 0 Å². The number of hydrogen-bond acceptors (Lipinski definition) is 6. The van der Waals surface area contributed by atoms with E-state index in [1.54, 1.807) is 11.9 Å². The van der Waals surface area contributed by atoms with E-state index >= 15 is 0 Å². The zero-order valence-electron chi connectivity index (χ0n) is 18.9. The zero-order valence-corrected chi connectivity index (χ0v) is 19.7. The van der Waals surface area contributed by atoms with E-state index in [-0.39, 0.29) is 6.04 Å². The summed E-state index contributed by atoms with van der Waals surface area (Å²) in [5.41, 5.74) is 3.65. The number of aliphatic hydroxyl groups excluding tert-OH is 1. The van der Waals surface area contributed by atoms with Gasteiger partial charge in [0.1, 0.15) is 5.82 Å².